The molecule has 1 fully saturated rings. The van der Waals surface area contributed by atoms with Gasteiger partial charge in [0.1, 0.15) is 11.6 Å². The van der Waals surface area contributed by atoms with Gasteiger partial charge in [0, 0.05) is 57.5 Å². The number of carbonyl (C=O) groups is 1. The lowest BCUT2D eigenvalue weighted by Gasteiger charge is -2.40. The molecule has 0 bridgehead atoms. The number of rotatable bonds is 6. The van der Waals surface area contributed by atoms with Gasteiger partial charge in [-0.3, -0.25) is 9.69 Å². The van der Waals surface area contributed by atoms with E-state index in [-0.39, 0.29) is 5.91 Å². The molecule has 4 rings (SSSR count). The molecule has 1 unspecified atom stereocenters. The molecule has 3 heterocycles. The minimum Gasteiger partial charge on any atom is -0.493 e. The zero-order valence-electron chi connectivity index (χ0n) is 19.3. The lowest BCUT2D eigenvalue weighted by molar-refractivity contribution is -0.117. The van der Waals surface area contributed by atoms with Gasteiger partial charge in [0.25, 0.3) is 0 Å². The predicted molar refractivity (Wildman–Crippen MR) is 127 cm³/mol. The highest BCUT2D eigenvalue weighted by atomic mass is 16.5. The lowest BCUT2D eigenvalue weighted by atomic mass is 10.0. The monoisotopic (exact) mass is 435 g/mol. The predicted octanol–water partition coefficient (Wildman–Crippen LogP) is 3.04. The SMILES string of the molecule is C=C1C=NC(N2CCN(C(C)c3ccc4c(c3)OCC4)CC2)=CN1/C=C(\CC)C(=O)NC. The van der Waals surface area contributed by atoms with Crippen molar-refractivity contribution >= 4 is 12.1 Å². The molecule has 0 aromatic heterocycles. The van der Waals surface area contributed by atoms with Gasteiger partial charge in [-0.25, -0.2) is 4.99 Å². The summed E-state index contributed by atoms with van der Waals surface area (Å²) in [4.78, 5) is 23.4. The molecule has 0 saturated carbocycles. The van der Waals surface area contributed by atoms with Gasteiger partial charge >= 0.3 is 0 Å². The quantitative estimate of drug-likeness (QED) is 0.696. The van der Waals surface area contributed by atoms with Crippen molar-refractivity contribution in [3.8, 4) is 5.75 Å². The molecule has 7 nitrogen and oxygen atoms in total. The molecule has 1 aromatic rings. The number of hydrogen-bond acceptors (Lipinski definition) is 6. The summed E-state index contributed by atoms with van der Waals surface area (Å²) >= 11 is 0. The Morgan fingerprint density at radius 1 is 1.31 bits per heavy atom. The Morgan fingerprint density at radius 2 is 2.09 bits per heavy atom. The van der Waals surface area contributed by atoms with E-state index in [9.17, 15) is 4.79 Å². The van der Waals surface area contributed by atoms with E-state index in [0.717, 1.165) is 56.5 Å². The highest BCUT2D eigenvalue weighted by Crippen LogP contribution is 2.31. The molecule has 1 atom stereocenters. The number of nitrogens with one attached hydrogen (secondary N) is 1. The Balaban J connectivity index is 1.41. The van der Waals surface area contributed by atoms with Crippen molar-refractivity contribution < 1.29 is 9.53 Å². The number of fused-ring (bicyclic) bond motifs is 1. The van der Waals surface area contributed by atoms with Crippen LogP contribution >= 0.6 is 0 Å². The summed E-state index contributed by atoms with van der Waals surface area (Å²) in [6.07, 6.45) is 7.24. The standard InChI is InChI=1S/C25H33N5O2/c1-5-20(25(31)26-4)16-30-17-24(27-15-18(30)2)29-11-9-28(10-12-29)19(3)22-7-6-21-8-13-32-23(21)14-22/h6-7,14-17,19H,2,5,8-13H2,1,3-4H3,(H,26,31)/b20-16+. The van der Waals surface area contributed by atoms with Gasteiger partial charge in [0.05, 0.1) is 24.7 Å². The van der Waals surface area contributed by atoms with Crippen LogP contribution in [0, 0.1) is 0 Å². The van der Waals surface area contributed by atoms with Crippen molar-refractivity contribution in [3.63, 3.8) is 0 Å². The fourth-order valence-electron chi connectivity index (χ4n) is 4.36. The van der Waals surface area contributed by atoms with E-state index in [1.54, 1.807) is 13.3 Å². The number of carbonyl (C=O) groups excluding carboxylic acids is 1. The van der Waals surface area contributed by atoms with Crippen LogP contribution in [0.25, 0.3) is 0 Å². The van der Waals surface area contributed by atoms with Crippen LogP contribution in [0.3, 0.4) is 0 Å². The average Bonchev–Trinajstić information content (AvgIpc) is 3.30. The first-order chi connectivity index (χ1) is 15.5. The Morgan fingerprint density at radius 3 is 2.81 bits per heavy atom. The van der Waals surface area contributed by atoms with Crippen LogP contribution in [-0.2, 0) is 11.2 Å². The van der Waals surface area contributed by atoms with Crippen molar-refractivity contribution in [3.05, 3.63) is 65.4 Å². The van der Waals surface area contributed by atoms with Crippen molar-refractivity contribution in [2.24, 2.45) is 4.99 Å². The summed E-state index contributed by atoms with van der Waals surface area (Å²) in [7, 11) is 1.65. The fraction of sp³-hybridized carbons (Fsp3) is 0.440. The average molecular weight is 436 g/mol. The van der Waals surface area contributed by atoms with Gasteiger partial charge in [0.15, 0.2) is 0 Å². The molecular formula is C25H33N5O2. The summed E-state index contributed by atoms with van der Waals surface area (Å²) in [5.41, 5.74) is 4.07. The lowest BCUT2D eigenvalue weighted by Crippen LogP contribution is -2.46. The van der Waals surface area contributed by atoms with E-state index in [1.807, 2.05) is 24.2 Å². The Kier molecular flexibility index (Phi) is 6.65. The van der Waals surface area contributed by atoms with Gasteiger partial charge < -0.3 is 19.9 Å². The summed E-state index contributed by atoms with van der Waals surface area (Å²) in [6.45, 7) is 12.8. The number of piperazine rings is 1. The van der Waals surface area contributed by atoms with Gasteiger partial charge in [-0.1, -0.05) is 25.6 Å². The van der Waals surface area contributed by atoms with Gasteiger partial charge in [-0.2, -0.15) is 0 Å². The molecule has 7 heteroatoms. The number of benzene rings is 1. The fourth-order valence-corrected chi connectivity index (χ4v) is 4.36. The number of amides is 1. The van der Waals surface area contributed by atoms with Crippen molar-refractivity contribution in [2.75, 3.05) is 39.8 Å². The van der Waals surface area contributed by atoms with Crippen LogP contribution in [0.4, 0.5) is 0 Å². The molecule has 0 aliphatic carbocycles. The first kappa shape index (κ1) is 22.1. The number of aliphatic imine (C=N–C) groups is 1. The molecule has 0 spiro atoms. The highest BCUT2D eigenvalue weighted by molar-refractivity contribution is 5.93. The van der Waals surface area contributed by atoms with Crippen LogP contribution in [0.5, 0.6) is 5.75 Å². The number of likely N-dealkylation sites (N-methyl/N-ethyl adjacent to an activating group) is 1. The molecule has 32 heavy (non-hydrogen) atoms. The maximum Gasteiger partial charge on any atom is 0.248 e. The first-order valence-electron chi connectivity index (χ1n) is 11.4. The summed E-state index contributed by atoms with van der Waals surface area (Å²) in [5, 5.41) is 2.70. The van der Waals surface area contributed by atoms with Crippen LogP contribution in [0.15, 0.2) is 59.3 Å². The minimum atomic E-state index is -0.0719. The van der Waals surface area contributed by atoms with Crippen molar-refractivity contribution in [2.45, 2.75) is 32.7 Å². The minimum absolute atomic E-state index is 0.0719. The number of hydrogen-bond donors (Lipinski definition) is 1. The van der Waals surface area contributed by atoms with Gasteiger partial charge in [-0.05, 0) is 30.5 Å². The van der Waals surface area contributed by atoms with Crippen LogP contribution < -0.4 is 10.1 Å². The molecule has 1 N–H and O–H groups in total. The number of ether oxygens (including phenoxy) is 1. The molecular weight excluding hydrogens is 402 g/mol. The first-order valence-corrected chi connectivity index (χ1v) is 11.4. The number of allylic oxidation sites excluding steroid dienone is 1. The third-order valence-electron chi connectivity index (χ3n) is 6.52. The second kappa shape index (κ2) is 9.61. The maximum absolute atomic E-state index is 12.1. The van der Waals surface area contributed by atoms with E-state index >= 15 is 0 Å². The van der Waals surface area contributed by atoms with E-state index < -0.39 is 0 Å². The van der Waals surface area contributed by atoms with Gasteiger partial charge in [-0.15, -0.1) is 0 Å². The zero-order valence-corrected chi connectivity index (χ0v) is 19.3. The van der Waals surface area contributed by atoms with E-state index in [2.05, 4.69) is 51.8 Å². The normalized spacial score (nSPS) is 20.0. The maximum atomic E-state index is 12.1. The third-order valence-corrected chi connectivity index (χ3v) is 6.52. The van der Waals surface area contributed by atoms with Crippen molar-refractivity contribution in [1.29, 1.82) is 0 Å². The summed E-state index contributed by atoms with van der Waals surface area (Å²) < 4.78 is 5.76. The van der Waals surface area contributed by atoms with Crippen LogP contribution in [0.1, 0.15) is 37.4 Å². The second-order valence-electron chi connectivity index (χ2n) is 8.40. The molecule has 3 aliphatic rings. The van der Waals surface area contributed by atoms with Crippen LogP contribution in [0.2, 0.25) is 0 Å². The Hall–Kier alpha value is -3.06. The molecule has 0 radical (unpaired) electrons. The van der Waals surface area contributed by atoms with Crippen molar-refractivity contribution in [1.82, 2.24) is 20.0 Å². The number of nitrogens with zero attached hydrogens (tertiary/aromatic N) is 4. The summed E-state index contributed by atoms with van der Waals surface area (Å²) in [6, 6.07) is 7.01. The Labute approximate surface area is 190 Å². The Bertz CT molecular complexity index is 973. The molecule has 1 aromatic carbocycles. The zero-order chi connectivity index (χ0) is 22.7. The van der Waals surface area contributed by atoms with Gasteiger partial charge in [0.2, 0.25) is 5.91 Å². The molecule has 1 amide bonds. The topological polar surface area (TPSA) is 60.4 Å². The highest BCUT2D eigenvalue weighted by Gasteiger charge is 2.25. The molecule has 1 saturated heterocycles. The second-order valence-corrected chi connectivity index (χ2v) is 8.40. The third kappa shape index (κ3) is 4.58. The molecule has 3 aliphatic heterocycles. The van der Waals surface area contributed by atoms with E-state index in [1.165, 1.54) is 11.1 Å². The molecule has 170 valence electrons. The smallest absolute Gasteiger partial charge is 0.248 e. The summed E-state index contributed by atoms with van der Waals surface area (Å²) in [5.74, 6) is 1.88. The van der Waals surface area contributed by atoms with Crippen LogP contribution in [-0.4, -0.2) is 66.7 Å². The van der Waals surface area contributed by atoms with E-state index in [4.69, 9.17) is 4.74 Å². The van der Waals surface area contributed by atoms with E-state index in [0.29, 0.717) is 18.0 Å². The largest absolute Gasteiger partial charge is 0.493 e.